The van der Waals surface area contributed by atoms with Crippen LogP contribution in [-0.2, 0) is 25.6 Å². The standard InChI is InChI=1S/C36H53N3O4/c1-22-9-14-36(42-21-22)23(2)33-30(43-36)17-29-27-8-7-25-16-26(10-12-34(25,3)28(27)11-13-35(29,33)4)39-32(41)18-31(40)38-20-24-6-5-15-37-19-24/h5-6,15,19,22-23,25-30,33H,7-14,16-18,20-21H2,1-4H3,(H,38,40)(H,39,41)/t22-,23+,25+,26?,27-,28+,29+,30+,33+,34+,35+,36-/m1/s1. The van der Waals surface area contributed by atoms with Gasteiger partial charge in [-0.15, -0.1) is 0 Å². The van der Waals surface area contributed by atoms with Crippen molar-refractivity contribution < 1.29 is 19.1 Å². The Morgan fingerprint density at radius 3 is 2.58 bits per heavy atom. The van der Waals surface area contributed by atoms with Crippen LogP contribution in [0.1, 0.15) is 104 Å². The van der Waals surface area contributed by atoms with Gasteiger partial charge in [0.1, 0.15) is 6.42 Å². The summed E-state index contributed by atoms with van der Waals surface area (Å²) in [6.45, 7) is 11.2. The third kappa shape index (κ3) is 5.05. The van der Waals surface area contributed by atoms with E-state index in [-0.39, 0.29) is 30.1 Å². The summed E-state index contributed by atoms with van der Waals surface area (Å²) in [7, 11) is 0. The maximum atomic E-state index is 12.8. The number of carbonyl (C=O) groups is 2. The van der Waals surface area contributed by atoms with Gasteiger partial charge in [0.05, 0.1) is 12.7 Å². The Morgan fingerprint density at radius 1 is 0.977 bits per heavy atom. The number of hydrogen-bond donors (Lipinski definition) is 2. The summed E-state index contributed by atoms with van der Waals surface area (Å²) in [5.74, 6) is 3.97. The number of nitrogens with one attached hydrogen (secondary N) is 2. The molecule has 7 rings (SSSR count). The third-order valence-corrected chi connectivity index (χ3v) is 13.8. The molecule has 3 heterocycles. The minimum absolute atomic E-state index is 0.113. The molecule has 7 nitrogen and oxygen atoms in total. The van der Waals surface area contributed by atoms with Crippen molar-refractivity contribution in [2.45, 2.75) is 123 Å². The molecule has 1 spiro atoms. The van der Waals surface area contributed by atoms with Gasteiger partial charge in [-0.3, -0.25) is 14.6 Å². The molecule has 6 aliphatic rings. The van der Waals surface area contributed by atoms with Crippen molar-refractivity contribution in [1.29, 1.82) is 0 Å². The molecule has 1 unspecified atom stereocenters. The van der Waals surface area contributed by atoms with Crippen LogP contribution in [0.2, 0.25) is 0 Å². The lowest BCUT2D eigenvalue weighted by molar-refractivity contribution is -0.273. The summed E-state index contributed by atoms with van der Waals surface area (Å²) < 4.78 is 13.5. The molecule has 1 aromatic rings. The van der Waals surface area contributed by atoms with Crippen LogP contribution >= 0.6 is 0 Å². The minimum Gasteiger partial charge on any atom is -0.353 e. The van der Waals surface area contributed by atoms with Crippen molar-refractivity contribution in [3.8, 4) is 0 Å². The summed E-state index contributed by atoms with van der Waals surface area (Å²) >= 11 is 0. The average Bonchev–Trinajstić information content (AvgIpc) is 3.44. The molecular formula is C36H53N3O4. The van der Waals surface area contributed by atoms with Gasteiger partial charge in [0, 0.05) is 37.3 Å². The molecule has 236 valence electrons. The third-order valence-electron chi connectivity index (χ3n) is 13.8. The second-order valence-corrected chi connectivity index (χ2v) is 16.0. The summed E-state index contributed by atoms with van der Waals surface area (Å²) in [5.41, 5.74) is 1.63. The Kier molecular flexibility index (Phi) is 7.68. The van der Waals surface area contributed by atoms with E-state index in [4.69, 9.17) is 9.47 Å². The van der Waals surface area contributed by atoms with E-state index in [0.717, 1.165) is 49.2 Å². The Balaban J connectivity index is 0.952. The van der Waals surface area contributed by atoms with E-state index >= 15 is 0 Å². The van der Waals surface area contributed by atoms with E-state index in [1.54, 1.807) is 12.4 Å². The van der Waals surface area contributed by atoms with Gasteiger partial charge in [0.15, 0.2) is 5.79 Å². The van der Waals surface area contributed by atoms with Crippen LogP contribution in [0.5, 0.6) is 0 Å². The summed E-state index contributed by atoms with van der Waals surface area (Å²) in [4.78, 5) is 29.3. The molecule has 4 saturated carbocycles. The topological polar surface area (TPSA) is 89.5 Å². The van der Waals surface area contributed by atoms with Gasteiger partial charge < -0.3 is 20.1 Å². The van der Waals surface area contributed by atoms with Gasteiger partial charge in [-0.25, -0.2) is 0 Å². The Hall–Kier alpha value is -1.99. The predicted molar refractivity (Wildman–Crippen MR) is 164 cm³/mol. The first-order valence-electron chi connectivity index (χ1n) is 17.4. The Bertz CT molecular complexity index is 1200. The highest BCUT2D eigenvalue weighted by molar-refractivity contribution is 5.96. The fourth-order valence-corrected chi connectivity index (χ4v) is 11.6. The van der Waals surface area contributed by atoms with E-state index < -0.39 is 0 Å². The van der Waals surface area contributed by atoms with E-state index in [9.17, 15) is 9.59 Å². The van der Waals surface area contributed by atoms with Gasteiger partial charge in [-0.1, -0.05) is 33.8 Å². The quantitative estimate of drug-likeness (QED) is 0.409. The molecule has 0 radical (unpaired) electrons. The largest absolute Gasteiger partial charge is 0.353 e. The zero-order chi connectivity index (χ0) is 30.0. The van der Waals surface area contributed by atoms with E-state index in [1.165, 1.54) is 44.9 Å². The average molecular weight is 592 g/mol. The lowest BCUT2D eigenvalue weighted by Gasteiger charge is -2.61. The highest BCUT2D eigenvalue weighted by Crippen LogP contribution is 2.71. The number of amides is 2. The molecule has 7 heteroatoms. The Morgan fingerprint density at radius 2 is 1.81 bits per heavy atom. The summed E-state index contributed by atoms with van der Waals surface area (Å²) in [6.07, 6.45) is 15.7. The van der Waals surface area contributed by atoms with E-state index in [2.05, 4.69) is 43.3 Å². The van der Waals surface area contributed by atoms with E-state index in [1.807, 2.05) is 12.1 Å². The Labute approximate surface area is 258 Å². The van der Waals surface area contributed by atoms with Crippen molar-refractivity contribution >= 4 is 11.8 Å². The second-order valence-electron chi connectivity index (χ2n) is 16.0. The number of nitrogens with zero attached hydrogens (tertiary/aromatic N) is 1. The van der Waals surface area contributed by atoms with Crippen molar-refractivity contribution in [2.24, 2.45) is 52.3 Å². The SMILES string of the molecule is C[C@@H]1CC[C@@]2(OC1)O[C@H]1C[C@H]3[C@@H]4CC[C@H]5CC(NC(=O)CC(=O)NCc6cccnc6)CC[C@]5(C)[C@H]4CC[C@]3(C)[C@H]1[C@@H]2C. The van der Waals surface area contributed by atoms with Gasteiger partial charge in [0.2, 0.25) is 11.8 Å². The highest BCUT2D eigenvalue weighted by Gasteiger charge is 2.69. The van der Waals surface area contributed by atoms with Gasteiger partial charge in [-0.05, 0) is 116 Å². The van der Waals surface area contributed by atoms with Crippen LogP contribution in [0.3, 0.4) is 0 Å². The second kappa shape index (κ2) is 11.1. The number of fused-ring (bicyclic) bond motifs is 7. The molecule has 0 bridgehead atoms. The van der Waals surface area contributed by atoms with Crippen molar-refractivity contribution in [3.05, 3.63) is 30.1 Å². The lowest BCUT2D eigenvalue weighted by Crippen LogP contribution is -2.56. The molecule has 4 aliphatic carbocycles. The molecule has 0 aromatic carbocycles. The van der Waals surface area contributed by atoms with Gasteiger partial charge in [0.25, 0.3) is 0 Å². The van der Waals surface area contributed by atoms with Crippen LogP contribution in [0, 0.1) is 52.3 Å². The molecule has 2 saturated heterocycles. The highest BCUT2D eigenvalue weighted by atomic mass is 16.7. The molecule has 43 heavy (non-hydrogen) atoms. The van der Waals surface area contributed by atoms with Gasteiger partial charge in [-0.2, -0.15) is 0 Å². The van der Waals surface area contributed by atoms with Crippen LogP contribution < -0.4 is 10.6 Å². The fourth-order valence-electron chi connectivity index (χ4n) is 11.6. The predicted octanol–water partition coefficient (Wildman–Crippen LogP) is 6.02. The van der Waals surface area contributed by atoms with Crippen molar-refractivity contribution in [1.82, 2.24) is 15.6 Å². The smallest absolute Gasteiger partial charge is 0.229 e. The molecule has 2 aliphatic heterocycles. The van der Waals surface area contributed by atoms with Crippen LogP contribution in [0.25, 0.3) is 0 Å². The molecule has 1 aromatic heterocycles. The monoisotopic (exact) mass is 591 g/mol. The fraction of sp³-hybridized carbons (Fsp3) is 0.806. The van der Waals surface area contributed by atoms with Gasteiger partial charge >= 0.3 is 0 Å². The van der Waals surface area contributed by atoms with E-state index in [0.29, 0.717) is 47.2 Å². The van der Waals surface area contributed by atoms with Crippen LogP contribution in [-0.4, -0.2) is 41.3 Å². The van der Waals surface area contributed by atoms with Crippen molar-refractivity contribution in [3.63, 3.8) is 0 Å². The molecule has 12 atom stereocenters. The molecule has 2 N–H and O–H groups in total. The van der Waals surface area contributed by atoms with Crippen molar-refractivity contribution in [2.75, 3.05) is 6.61 Å². The first-order valence-corrected chi connectivity index (χ1v) is 17.4. The van der Waals surface area contributed by atoms with Crippen LogP contribution in [0.15, 0.2) is 24.5 Å². The summed E-state index contributed by atoms with van der Waals surface area (Å²) in [6, 6.07) is 3.94. The number of hydrogen-bond acceptors (Lipinski definition) is 5. The number of ether oxygens (including phenoxy) is 2. The lowest BCUT2D eigenvalue weighted by atomic mass is 9.44. The number of aromatic nitrogens is 1. The van der Waals surface area contributed by atoms with Crippen LogP contribution in [0.4, 0.5) is 0 Å². The number of rotatable bonds is 5. The summed E-state index contributed by atoms with van der Waals surface area (Å²) in [5, 5.41) is 6.09. The maximum absolute atomic E-state index is 12.8. The minimum atomic E-state index is -0.334. The molecule has 2 amide bonds. The number of carbonyl (C=O) groups excluding carboxylic acids is 2. The first-order chi connectivity index (χ1) is 20.6. The number of pyridine rings is 1. The normalized spacial score (nSPS) is 46.7. The zero-order valence-electron chi connectivity index (χ0n) is 26.8. The molecule has 6 fully saturated rings. The maximum Gasteiger partial charge on any atom is 0.229 e. The zero-order valence-corrected chi connectivity index (χ0v) is 26.8. The molecular weight excluding hydrogens is 538 g/mol. The first kappa shape index (κ1) is 29.7.